The maximum absolute atomic E-state index is 12.8. The van der Waals surface area contributed by atoms with Gasteiger partial charge in [-0.1, -0.05) is 37.3 Å². The van der Waals surface area contributed by atoms with Gasteiger partial charge in [-0.05, 0) is 24.3 Å². The van der Waals surface area contributed by atoms with Crippen LogP contribution >= 0.6 is 0 Å². The number of benzene rings is 2. The monoisotopic (exact) mass is 308 g/mol. The molecule has 2 rings (SSSR count). The molecule has 0 heterocycles. The Hall–Kier alpha value is -3.13. The highest BCUT2D eigenvalue weighted by Crippen LogP contribution is 2.23. The van der Waals surface area contributed by atoms with Gasteiger partial charge in [-0.3, -0.25) is 9.59 Å². The largest absolute Gasteiger partial charge is 0.481 e. The normalized spacial score (nSPS) is 11.3. The van der Waals surface area contributed by atoms with E-state index in [0.717, 1.165) is 0 Å². The lowest BCUT2D eigenvalue weighted by Crippen LogP contribution is -2.37. The van der Waals surface area contributed by atoms with Crippen molar-refractivity contribution in [3.63, 3.8) is 0 Å². The van der Waals surface area contributed by atoms with Gasteiger partial charge in [0.05, 0.1) is 17.2 Å². The number of rotatable bonds is 5. The molecule has 23 heavy (non-hydrogen) atoms. The molecule has 0 saturated carbocycles. The molecule has 5 nitrogen and oxygen atoms in total. The second-order valence-corrected chi connectivity index (χ2v) is 5.15. The van der Waals surface area contributed by atoms with Gasteiger partial charge >= 0.3 is 5.97 Å². The molecule has 0 aliphatic heterocycles. The molecule has 0 aliphatic rings. The standard InChI is InChI=1S/C18H16N2O3/c1-13(18(22)23)12-20(16-10-6-5-9-15(16)11-19)17(21)14-7-3-2-4-8-14/h2-10,13H,12H2,1H3,(H,22,23). The molecule has 1 amide bonds. The van der Waals surface area contributed by atoms with Crippen LogP contribution in [-0.4, -0.2) is 23.5 Å². The Morgan fingerprint density at radius 3 is 2.35 bits per heavy atom. The Morgan fingerprint density at radius 1 is 1.13 bits per heavy atom. The minimum Gasteiger partial charge on any atom is -0.481 e. The van der Waals surface area contributed by atoms with Gasteiger partial charge in [-0.25, -0.2) is 0 Å². The van der Waals surface area contributed by atoms with Crippen molar-refractivity contribution in [2.45, 2.75) is 6.92 Å². The number of hydrogen-bond acceptors (Lipinski definition) is 3. The Morgan fingerprint density at radius 2 is 1.74 bits per heavy atom. The Balaban J connectivity index is 2.46. The molecule has 0 saturated heterocycles. The van der Waals surface area contributed by atoms with Crippen LogP contribution in [0.5, 0.6) is 0 Å². The maximum atomic E-state index is 12.8. The first-order valence-corrected chi connectivity index (χ1v) is 7.13. The number of aliphatic carboxylic acids is 1. The summed E-state index contributed by atoms with van der Waals surface area (Å²) in [5, 5.41) is 18.4. The molecule has 0 aliphatic carbocycles. The second-order valence-electron chi connectivity index (χ2n) is 5.15. The zero-order valence-electron chi connectivity index (χ0n) is 12.6. The minimum absolute atomic E-state index is 0.0121. The number of para-hydroxylation sites is 1. The van der Waals surface area contributed by atoms with E-state index in [-0.39, 0.29) is 12.5 Å². The molecule has 2 aromatic rings. The van der Waals surface area contributed by atoms with Crippen LogP contribution in [-0.2, 0) is 4.79 Å². The second kappa shape index (κ2) is 7.23. The van der Waals surface area contributed by atoms with Crippen molar-refractivity contribution in [1.82, 2.24) is 0 Å². The zero-order valence-corrected chi connectivity index (χ0v) is 12.6. The quantitative estimate of drug-likeness (QED) is 0.920. The van der Waals surface area contributed by atoms with Crippen LogP contribution in [0.15, 0.2) is 54.6 Å². The first-order valence-electron chi connectivity index (χ1n) is 7.13. The molecule has 0 spiro atoms. The molecular weight excluding hydrogens is 292 g/mol. The molecule has 0 bridgehead atoms. The lowest BCUT2D eigenvalue weighted by molar-refractivity contribution is -0.140. The van der Waals surface area contributed by atoms with Crippen LogP contribution in [0.3, 0.4) is 0 Å². The summed E-state index contributed by atoms with van der Waals surface area (Å²) in [6, 6.07) is 17.3. The van der Waals surface area contributed by atoms with E-state index in [2.05, 4.69) is 0 Å². The molecule has 1 unspecified atom stereocenters. The van der Waals surface area contributed by atoms with Gasteiger partial charge in [0.15, 0.2) is 0 Å². The van der Waals surface area contributed by atoms with E-state index in [9.17, 15) is 14.9 Å². The van der Waals surface area contributed by atoms with Crippen molar-refractivity contribution in [1.29, 1.82) is 5.26 Å². The van der Waals surface area contributed by atoms with Gasteiger partial charge in [-0.15, -0.1) is 0 Å². The summed E-state index contributed by atoms with van der Waals surface area (Å²) in [5.41, 5.74) is 1.18. The van der Waals surface area contributed by atoms with Crippen LogP contribution in [0, 0.1) is 17.2 Å². The lowest BCUT2D eigenvalue weighted by atomic mass is 10.1. The van der Waals surface area contributed by atoms with Crippen molar-refractivity contribution in [3.05, 3.63) is 65.7 Å². The van der Waals surface area contributed by atoms with Crippen LogP contribution < -0.4 is 4.90 Å². The summed E-state index contributed by atoms with van der Waals surface area (Å²) in [7, 11) is 0. The third-order valence-corrected chi connectivity index (χ3v) is 3.46. The summed E-state index contributed by atoms with van der Waals surface area (Å²) in [6.45, 7) is 1.52. The Labute approximate surface area is 134 Å². The molecular formula is C18H16N2O3. The number of amides is 1. The minimum atomic E-state index is -0.995. The number of nitriles is 1. The first-order chi connectivity index (χ1) is 11.0. The van der Waals surface area contributed by atoms with Gasteiger partial charge in [0.2, 0.25) is 0 Å². The van der Waals surface area contributed by atoms with E-state index < -0.39 is 11.9 Å². The first kappa shape index (κ1) is 16.2. The average Bonchev–Trinajstić information content (AvgIpc) is 2.59. The summed E-state index contributed by atoms with van der Waals surface area (Å²) in [6.07, 6.45) is 0. The van der Waals surface area contributed by atoms with Crippen molar-refractivity contribution in [3.8, 4) is 6.07 Å². The van der Waals surface area contributed by atoms with Crippen molar-refractivity contribution in [2.75, 3.05) is 11.4 Å². The molecule has 2 aromatic carbocycles. The average molecular weight is 308 g/mol. The topological polar surface area (TPSA) is 81.4 Å². The number of carbonyl (C=O) groups excluding carboxylic acids is 1. The Kier molecular flexibility index (Phi) is 5.11. The summed E-state index contributed by atoms with van der Waals surface area (Å²) in [4.78, 5) is 25.3. The summed E-state index contributed by atoms with van der Waals surface area (Å²) >= 11 is 0. The number of carbonyl (C=O) groups is 2. The fraction of sp³-hybridized carbons (Fsp3) is 0.167. The van der Waals surface area contributed by atoms with Gasteiger partial charge in [0, 0.05) is 12.1 Å². The number of carboxylic acids is 1. The highest BCUT2D eigenvalue weighted by molar-refractivity contribution is 6.07. The fourth-order valence-electron chi connectivity index (χ4n) is 2.18. The fourth-order valence-corrected chi connectivity index (χ4v) is 2.18. The van der Waals surface area contributed by atoms with Crippen LogP contribution in [0.1, 0.15) is 22.8 Å². The van der Waals surface area contributed by atoms with Crippen molar-refractivity contribution < 1.29 is 14.7 Å². The van der Waals surface area contributed by atoms with Crippen LogP contribution in [0.25, 0.3) is 0 Å². The third kappa shape index (κ3) is 3.74. The highest BCUT2D eigenvalue weighted by atomic mass is 16.4. The van der Waals surface area contributed by atoms with Crippen molar-refractivity contribution >= 4 is 17.6 Å². The van der Waals surface area contributed by atoms with E-state index in [0.29, 0.717) is 16.8 Å². The smallest absolute Gasteiger partial charge is 0.308 e. The maximum Gasteiger partial charge on any atom is 0.308 e. The number of nitrogens with zero attached hydrogens (tertiary/aromatic N) is 2. The van der Waals surface area contributed by atoms with Gasteiger partial charge < -0.3 is 10.0 Å². The molecule has 1 N–H and O–H groups in total. The summed E-state index contributed by atoms with van der Waals surface area (Å²) in [5.74, 6) is -2.08. The molecule has 0 fully saturated rings. The van der Waals surface area contributed by atoms with Gasteiger partial charge in [-0.2, -0.15) is 5.26 Å². The number of anilines is 1. The Bertz CT molecular complexity index is 750. The predicted molar refractivity (Wildman–Crippen MR) is 86.1 cm³/mol. The van der Waals surface area contributed by atoms with E-state index in [1.165, 1.54) is 11.8 Å². The number of carboxylic acid groups (broad SMARTS) is 1. The summed E-state index contributed by atoms with van der Waals surface area (Å²) < 4.78 is 0. The van der Waals surface area contributed by atoms with E-state index in [1.807, 2.05) is 6.07 Å². The van der Waals surface area contributed by atoms with E-state index in [4.69, 9.17) is 5.11 Å². The predicted octanol–water partition coefficient (Wildman–Crippen LogP) is 2.93. The van der Waals surface area contributed by atoms with Gasteiger partial charge in [0.25, 0.3) is 5.91 Å². The third-order valence-electron chi connectivity index (χ3n) is 3.46. The van der Waals surface area contributed by atoms with Crippen LogP contribution in [0.2, 0.25) is 0 Å². The molecule has 0 aromatic heterocycles. The van der Waals surface area contributed by atoms with Crippen LogP contribution in [0.4, 0.5) is 5.69 Å². The molecule has 5 heteroatoms. The van der Waals surface area contributed by atoms with Crippen molar-refractivity contribution in [2.24, 2.45) is 5.92 Å². The van der Waals surface area contributed by atoms with E-state index in [1.54, 1.807) is 54.6 Å². The lowest BCUT2D eigenvalue weighted by Gasteiger charge is -2.25. The molecule has 0 radical (unpaired) electrons. The highest BCUT2D eigenvalue weighted by Gasteiger charge is 2.24. The molecule has 116 valence electrons. The number of hydrogen-bond donors (Lipinski definition) is 1. The molecule has 1 atom stereocenters. The van der Waals surface area contributed by atoms with Gasteiger partial charge in [0.1, 0.15) is 6.07 Å². The SMILES string of the molecule is CC(CN(C(=O)c1ccccc1)c1ccccc1C#N)C(=O)O. The van der Waals surface area contributed by atoms with E-state index >= 15 is 0 Å². The zero-order chi connectivity index (χ0) is 16.8.